The molecule has 1 N–H and O–H groups in total. The van der Waals surface area contributed by atoms with Gasteiger partial charge in [0.15, 0.2) is 0 Å². The molecule has 0 radical (unpaired) electrons. The maximum Gasteiger partial charge on any atom is 0.0685 e. The van der Waals surface area contributed by atoms with Crippen LogP contribution in [0.1, 0.15) is 58.3 Å². The summed E-state index contributed by atoms with van der Waals surface area (Å²) < 4.78 is 6.67. The minimum atomic E-state index is 0.262. The van der Waals surface area contributed by atoms with Crippen molar-refractivity contribution >= 4 is 11.8 Å². The molecule has 3 atom stereocenters. The van der Waals surface area contributed by atoms with Crippen molar-refractivity contribution in [3.63, 3.8) is 0 Å². The smallest absolute Gasteiger partial charge is 0.0685 e. The minimum absolute atomic E-state index is 0.262. The number of hydrogen-bond donors (Lipinski definition) is 1. The number of ether oxygens (including phenoxy) is 1. The van der Waals surface area contributed by atoms with E-state index >= 15 is 0 Å². The van der Waals surface area contributed by atoms with E-state index in [1.165, 1.54) is 57.1 Å². The monoisotopic (exact) mass is 283 g/mol. The number of hydrogen-bond acceptors (Lipinski definition) is 3. The normalized spacial score (nSPS) is 39.8. The lowest BCUT2D eigenvalue weighted by molar-refractivity contribution is -0.0991. The van der Waals surface area contributed by atoms with Gasteiger partial charge in [-0.05, 0) is 64.2 Å². The molecule has 1 aliphatic carbocycles. The highest BCUT2D eigenvalue weighted by molar-refractivity contribution is 8.00. The highest BCUT2D eigenvalue weighted by Gasteiger charge is 2.47. The van der Waals surface area contributed by atoms with E-state index in [-0.39, 0.29) is 5.60 Å². The lowest BCUT2D eigenvalue weighted by atomic mass is 9.76. The Bertz CT molecular complexity index is 308. The lowest BCUT2D eigenvalue weighted by Gasteiger charge is -2.46. The molecular formula is C16H29NOS. The highest BCUT2D eigenvalue weighted by atomic mass is 32.2. The molecule has 2 nitrogen and oxygen atoms in total. The largest absolute Gasteiger partial charge is 0.375 e. The highest BCUT2D eigenvalue weighted by Crippen LogP contribution is 2.48. The van der Waals surface area contributed by atoms with Crippen LogP contribution in [-0.2, 0) is 4.74 Å². The maximum atomic E-state index is 6.21. The van der Waals surface area contributed by atoms with Crippen molar-refractivity contribution in [1.82, 2.24) is 5.32 Å². The average Bonchev–Trinajstić information content (AvgIpc) is 3.01. The molecule has 2 saturated heterocycles. The molecule has 2 aliphatic heterocycles. The van der Waals surface area contributed by atoms with Crippen molar-refractivity contribution < 1.29 is 4.74 Å². The van der Waals surface area contributed by atoms with Gasteiger partial charge in [0.2, 0.25) is 0 Å². The summed E-state index contributed by atoms with van der Waals surface area (Å²) in [7, 11) is 2.17. The predicted octanol–water partition coefficient (Wildman–Crippen LogP) is 3.60. The maximum absolute atomic E-state index is 6.21. The quantitative estimate of drug-likeness (QED) is 0.855. The van der Waals surface area contributed by atoms with E-state index in [0.717, 1.165) is 12.5 Å². The SMILES string of the molecule is CNC(C1CCOC2(CCCC2)C1)C1(C)CCCS1. The van der Waals surface area contributed by atoms with Crippen LogP contribution in [0.4, 0.5) is 0 Å². The summed E-state index contributed by atoms with van der Waals surface area (Å²) in [5.74, 6) is 2.16. The van der Waals surface area contributed by atoms with E-state index in [4.69, 9.17) is 4.74 Å². The zero-order chi connectivity index (χ0) is 13.3. The van der Waals surface area contributed by atoms with Gasteiger partial charge in [-0.1, -0.05) is 12.8 Å². The molecule has 0 bridgehead atoms. The summed E-state index contributed by atoms with van der Waals surface area (Å²) in [4.78, 5) is 0. The van der Waals surface area contributed by atoms with Crippen LogP contribution < -0.4 is 5.32 Å². The molecule has 3 rings (SSSR count). The fraction of sp³-hybridized carbons (Fsp3) is 1.00. The predicted molar refractivity (Wildman–Crippen MR) is 82.8 cm³/mol. The fourth-order valence-corrected chi connectivity index (χ4v) is 6.34. The lowest BCUT2D eigenvalue weighted by Crippen LogP contribution is -2.53. The van der Waals surface area contributed by atoms with Gasteiger partial charge in [-0.3, -0.25) is 0 Å². The van der Waals surface area contributed by atoms with E-state index in [0.29, 0.717) is 10.8 Å². The van der Waals surface area contributed by atoms with E-state index in [1.54, 1.807) is 0 Å². The molecule has 2 heterocycles. The first-order valence-electron chi connectivity index (χ1n) is 8.13. The summed E-state index contributed by atoms with van der Waals surface area (Å²) in [5, 5.41) is 3.68. The Kier molecular flexibility index (Phi) is 4.17. The molecule has 3 fully saturated rings. The Labute approximate surface area is 122 Å². The van der Waals surface area contributed by atoms with E-state index in [1.807, 2.05) is 0 Å². The van der Waals surface area contributed by atoms with E-state index < -0.39 is 0 Å². The molecule has 0 aromatic carbocycles. The molecule has 110 valence electrons. The third-order valence-electron chi connectivity index (χ3n) is 5.74. The molecule has 3 heteroatoms. The molecule has 19 heavy (non-hydrogen) atoms. The summed E-state index contributed by atoms with van der Waals surface area (Å²) in [5.41, 5.74) is 0.262. The van der Waals surface area contributed by atoms with Crippen molar-refractivity contribution in [2.75, 3.05) is 19.4 Å². The molecule has 0 aromatic rings. The summed E-state index contributed by atoms with van der Waals surface area (Å²) >= 11 is 2.20. The second kappa shape index (κ2) is 5.57. The van der Waals surface area contributed by atoms with Crippen LogP contribution in [0.15, 0.2) is 0 Å². The van der Waals surface area contributed by atoms with Gasteiger partial charge in [0.1, 0.15) is 0 Å². The zero-order valence-electron chi connectivity index (χ0n) is 12.5. The number of thioether (sulfide) groups is 1. The molecule has 0 amide bonds. The molecule has 0 aromatic heterocycles. The second-order valence-electron chi connectivity index (χ2n) is 7.02. The van der Waals surface area contributed by atoms with Gasteiger partial charge in [-0.2, -0.15) is 11.8 Å². The van der Waals surface area contributed by atoms with Crippen LogP contribution >= 0.6 is 11.8 Å². The van der Waals surface area contributed by atoms with Crippen LogP contribution in [0.3, 0.4) is 0 Å². The van der Waals surface area contributed by atoms with Crippen LogP contribution in [-0.4, -0.2) is 35.8 Å². The van der Waals surface area contributed by atoms with Gasteiger partial charge < -0.3 is 10.1 Å². The first-order valence-corrected chi connectivity index (χ1v) is 9.11. The standard InChI is InChI=1S/C16H29NOS/c1-15(7-5-11-19-15)14(17-2)13-6-10-18-16(12-13)8-3-4-9-16/h13-14,17H,3-12H2,1-2H3. The van der Waals surface area contributed by atoms with Gasteiger partial charge in [-0.25, -0.2) is 0 Å². The van der Waals surface area contributed by atoms with Gasteiger partial charge in [0, 0.05) is 17.4 Å². The van der Waals surface area contributed by atoms with Crippen LogP contribution in [0.5, 0.6) is 0 Å². The molecule has 1 spiro atoms. The van der Waals surface area contributed by atoms with Crippen LogP contribution in [0.25, 0.3) is 0 Å². The van der Waals surface area contributed by atoms with Crippen LogP contribution in [0, 0.1) is 5.92 Å². The Morgan fingerprint density at radius 1 is 1.21 bits per heavy atom. The topological polar surface area (TPSA) is 21.3 Å². The third kappa shape index (κ3) is 2.71. The first kappa shape index (κ1) is 14.2. The Morgan fingerprint density at radius 2 is 2.00 bits per heavy atom. The zero-order valence-corrected chi connectivity index (χ0v) is 13.4. The van der Waals surface area contributed by atoms with Gasteiger partial charge in [0.05, 0.1) is 5.60 Å². The molecular weight excluding hydrogens is 254 g/mol. The summed E-state index contributed by atoms with van der Waals surface area (Å²) in [6.07, 6.45) is 10.7. The van der Waals surface area contributed by atoms with Crippen molar-refractivity contribution in [2.45, 2.75) is 74.7 Å². The van der Waals surface area contributed by atoms with Crippen molar-refractivity contribution in [3.8, 4) is 0 Å². The van der Waals surface area contributed by atoms with Crippen molar-refractivity contribution in [1.29, 1.82) is 0 Å². The molecule has 3 aliphatic rings. The average molecular weight is 283 g/mol. The fourth-order valence-electron chi connectivity index (χ4n) is 4.80. The molecule has 3 unspecified atom stereocenters. The second-order valence-corrected chi connectivity index (χ2v) is 8.65. The van der Waals surface area contributed by atoms with Gasteiger partial charge in [0.25, 0.3) is 0 Å². The Morgan fingerprint density at radius 3 is 2.63 bits per heavy atom. The van der Waals surface area contributed by atoms with E-state index in [9.17, 15) is 0 Å². The third-order valence-corrected chi connectivity index (χ3v) is 7.35. The number of nitrogens with one attached hydrogen (secondary N) is 1. The van der Waals surface area contributed by atoms with Crippen LogP contribution in [0.2, 0.25) is 0 Å². The molecule has 1 saturated carbocycles. The van der Waals surface area contributed by atoms with Crippen molar-refractivity contribution in [3.05, 3.63) is 0 Å². The van der Waals surface area contributed by atoms with Crippen molar-refractivity contribution in [2.24, 2.45) is 5.92 Å². The van der Waals surface area contributed by atoms with Gasteiger partial charge in [-0.15, -0.1) is 0 Å². The first-order chi connectivity index (χ1) is 9.18. The number of rotatable bonds is 3. The summed E-state index contributed by atoms with van der Waals surface area (Å²) in [6, 6.07) is 0.668. The Balaban J connectivity index is 1.72. The minimum Gasteiger partial charge on any atom is -0.375 e. The van der Waals surface area contributed by atoms with E-state index in [2.05, 4.69) is 31.1 Å². The summed E-state index contributed by atoms with van der Waals surface area (Å²) in [6.45, 7) is 3.48. The van der Waals surface area contributed by atoms with Gasteiger partial charge >= 0.3 is 0 Å². The Hall–Kier alpha value is 0.270.